The Morgan fingerprint density at radius 2 is 2.12 bits per heavy atom. The Bertz CT molecular complexity index is 1080. The molecule has 136 valence electrons. The summed E-state index contributed by atoms with van der Waals surface area (Å²) in [6.07, 6.45) is 2.01. The highest BCUT2D eigenvalue weighted by atomic mass is 35.5. The number of furan rings is 1. The molecule has 6 nitrogen and oxygen atoms in total. The van der Waals surface area contributed by atoms with Crippen LogP contribution in [0.15, 0.2) is 47.1 Å². The maximum absolute atomic E-state index is 12.8. The molecule has 3 aromatic rings. The van der Waals surface area contributed by atoms with E-state index in [9.17, 15) is 13.2 Å². The van der Waals surface area contributed by atoms with Crippen molar-refractivity contribution in [3.8, 4) is 0 Å². The van der Waals surface area contributed by atoms with Crippen molar-refractivity contribution >= 4 is 38.4 Å². The summed E-state index contributed by atoms with van der Waals surface area (Å²) in [5.74, 6) is -0.216. The Labute approximate surface area is 155 Å². The highest BCUT2D eigenvalue weighted by Crippen LogP contribution is 2.25. The number of nitrogens with zero attached hydrogens (tertiary/aromatic N) is 1. The molecule has 0 spiro atoms. The van der Waals surface area contributed by atoms with Gasteiger partial charge in [0.15, 0.2) is 15.4 Å². The number of hydrogen-bond acceptors (Lipinski definition) is 4. The molecule has 0 saturated carbocycles. The van der Waals surface area contributed by atoms with Gasteiger partial charge in [0.1, 0.15) is 5.69 Å². The number of amides is 1. The molecule has 8 heteroatoms. The number of aromatic nitrogens is 1. The third kappa shape index (κ3) is 3.24. The van der Waals surface area contributed by atoms with Crippen LogP contribution in [0.4, 0.5) is 0 Å². The fourth-order valence-electron chi connectivity index (χ4n) is 3.30. The van der Waals surface area contributed by atoms with Crippen molar-refractivity contribution in [1.29, 1.82) is 0 Å². The van der Waals surface area contributed by atoms with Crippen LogP contribution in [0, 0.1) is 0 Å². The molecule has 2 aromatic heterocycles. The van der Waals surface area contributed by atoms with Crippen molar-refractivity contribution in [2.24, 2.45) is 0 Å². The monoisotopic (exact) mass is 392 g/mol. The standard InChI is InChI=1S/C18H17ClN2O4S/c19-14-4-2-1-3-12(14)10-21-15-5-7-25-17(15)9-16(21)18(22)20-13-6-8-26(23,24)11-13/h1-5,7,9,13H,6,8,10-11H2,(H,20,22)/t13-/m1/s1. The molecule has 1 aromatic carbocycles. The largest absolute Gasteiger partial charge is 0.463 e. The van der Waals surface area contributed by atoms with E-state index in [0.717, 1.165) is 11.1 Å². The van der Waals surface area contributed by atoms with Crippen LogP contribution in [0.3, 0.4) is 0 Å². The lowest BCUT2D eigenvalue weighted by Gasteiger charge is -2.14. The van der Waals surface area contributed by atoms with Gasteiger partial charge >= 0.3 is 0 Å². The number of benzene rings is 1. The SMILES string of the molecule is O=C(N[C@@H]1CCS(=O)(=O)C1)c1cc2occc2n1Cc1ccccc1Cl. The molecule has 0 aliphatic carbocycles. The van der Waals surface area contributed by atoms with Gasteiger partial charge in [0.25, 0.3) is 5.91 Å². The van der Waals surface area contributed by atoms with Crippen LogP contribution in [0.25, 0.3) is 11.1 Å². The summed E-state index contributed by atoms with van der Waals surface area (Å²) in [6, 6.07) is 10.6. The first-order chi connectivity index (χ1) is 12.4. The second-order valence-electron chi connectivity index (χ2n) is 6.45. The van der Waals surface area contributed by atoms with Crippen LogP contribution in [-0.4, -0.2) is 36.4 Å². The number of hydrogen-bond donors (Lipinski definition) is 1. The summed E-state index contributed by atoms with van der Waals surface area (Å²) in [5.41, 5.74) is 2.68. The van der Waals surface area contributed by atoms with E-state index < -0.39 is 9.84 Å². The second-order valence-corrected chi connectivity index (χ2v) is 9.09. The molecular weight excluding hydrogens is 376 g/mol. The zero-order valence-electron chi connectivity index (χ0n) is 13.8. The van der Waals surface area contributed by atoms with E-state index in [0.29, 0.717) is 29.3 Å². The highest BCUT2D eigenvalue weighted by molar-refractivity contribution is 7.91. The fourth-order valence-corrected chi connectivity index (χ4v) is 5.17. The summed E-state index contributed by atoms with van der Waals surface area (Å²) in [5, 5.41) is 3.45. The summed E-state index contributed by atoms with van der Waals surface area (Å²) in [6.45, 7) is 0.411. The van der Waals surface area contributed by atoms with Crippen LogP contribution in [0.5, 0.6) is 0 Å². The van der Waals surface area contributed by atoms with Crippen LogP contribution < -0.4 is 5.32 Å². The molecule has 0 radical (unpaired) electrons. The van der Waals surface area contributed by atoms with E-state index in [2.05, 4.69) is 5.32 Å². The first kappa shape index (κ1) is 17.2. The first-order valence-electron chi connectivity index (χ1n) is 8.24. The lowest BCUT2D eigenvalue weighted by Crippen LogP contribution is -2.36. The quantitative estimate of drug-likeness (QED) is 0.740. The Morgan fingerprint density at radius 1 is 1.31 bits per heavy atom. The highest BCUT2D eigenvalue weighted by Gasteiger charge is 2.30. The Kier molecular flexibility index (Phi) is 4.28. The van der Waals surface area contributed by atoms with Gasteiger partial charge in [-0.3, -0.25) is 4.79 Å². The van der Waals surface area contributed by atoms with Gasteiger partial charge in [-0.2, -0.15) is 0 Å². The molecule has 3 heterocycles. The number of nitrogens with one attached hydrogen (secondary N) is 1. The van der Waals surface area contributed by atoms with Gasteiger partial charge in [0, 0.05) is 29.7 Å². The molecule has 1 aliphatic heterocycles. The number of rotatable bonds is 4. The van der Waals surface area contributed by atoms with Crippen molar-refractivity contribution in [1.82, 2.24) is 9.88 Å². The van der Waals surface area contributed by atoms with E-state index in [4.69, 9.17) is 16.0 Å². The van der Waals surface area contributed by atoms with E-state index >= 15 is 0 Å². The number of carbonyl (C=O) groups is 1. The lowest BCUT2D eigenvalue weighted by atomic mass is 10.2. The van der Waals surface area contributed by atoms with Crippen molar-refractivity contribution in [3.05, 3.63) is 58.9 Å². The maximum Gasteiger partial charge on any atom is 0.268 e. The maximum atomic E-state index is 12.8. The van der Waals surface area contributed by atoms with Crippen LogP contribution >= 0.6 is 11.6 Å². The minimum absolute atomic E-state index is 0.0138. The fraction of sp³-hybridized carbons (Fsp3) is 0.278. The number of fused-ring (bicyclic) bond motifs is 1. The minimum Gasteiger partial charge on any atom is -0.463 e. The Morgan fingerprint density at radius 3 is 2.85 bits per heavy atom. The topological polar surface area (TPSA) is 81.3 Å². The van der Waals surface area contributed by atoms with E-state index in [-0.39, 0.29) is 23.5 Å². The van der Waals surface area contributed by atoms with Gasteiger partial charge in [-0.15, -0.1) is 0 Å². The number of carbonyl (C=O) groups excluding carboxylic acids is 1. The van der Waals surface area contributed by atoms with Gasteiger partial charge in [0.2, 0.25) is 0 Å². The second kappa shape index (κ2) is 6.48. The smallest absolute Gasteiger partial charge is 0.268 e. The van der Waals surface area contributed by atoms with Gasteiger partial charge in [-0.1, -0.05) is 29.8 Å². The number of sulfone groups is 1. The van der Waals surface area contributed by atoms with Crippen LogP contribution in [0.1, 0.15) is 22.5 Å². The normalized spacial score (nSPS) is 19.0. The lowest BCUT2D eigenvalue weighted by molar-refractivity contribution is 0.0932. The molecule has 1 aliphatic rings. The predicted octanol–water partition coefficient (Wildman–Crippen LogP) is 2.85. The molecule has 1 N–H and O–H groups in total. The van der Waals surface area contributed by atoms with Crippen molar-refractivity contribution < 1.29 is 17.6 Å². The first-order valence-corrected chi connectivity index (χ1v) is 10.4. The van der Waals surface area contributed by atoms with Gasteiger partial charge in [-0.25, -0.2) is 8.42 Å². The molecule has 1 fully saturated rings. The Hall–Kier alpha value is -2.25. The zero-order chi connectivity index (χ0) is 18.3. The predicted molar refractivity (Wildman–Crippen MR) is 99.3 cm³/mol. The summed E-state index contributed by atoms with van der Waals surface area (Å²) in [4.78, 5) is 12.8. The van der Waals surface area contributed by atoms with E-state index in [1.807, 2.05) is 22.8 Å². The molecule has 1 amide bonds. The third-order valence-electron chi connectivity index (χ3n) is 4.61. The molecule has 1 saturated heterocycles. The summed E-state index contributed by atoms with van der Waals surface area (Å²) >= 11 is 6.26. The van der Waals surface area contributed by atoms with Crippen molar-refractivity contribution in [2.75, 3.05) is 11.5 Å². The van der Waals surface area contributed by atoms with Crippen LogP contribution in [-0.2, 0) is 16.4 Å². The Balaban J connectivity index is 1.66. The average molecular weight is 393 g/mol. The van der Waals surface area contributed by atoms with E-state index in [1.54, 1.807) is 24.5 Å². The van der Waals surface area contributed by atoms with Crippen LogP contribution in [0.2, 0.25) is 5.02 Å². The zero-order valence-corrected chi connectivity index (χ0v) is 15.4. The molecule has 26 heavy (non-hydrogen) atoms. The van der Waals surface area contributed by atoms with E-state index in [1.165, 1.54) is 0 Å². The van der Waals surface area contributed by atoms with Gasteiger partial charge in [-0.05, 0) is 18.1 Å². The van der Waals surface area contributed by atoms with Crippen molar-refractivity contribution in [3.63, 3.8) is 0 Å². The molecular formula is C18H17ClN2O4S. The van der Waals surface area contributed by atoms with Crippen molar-refractivity contribution in [2.45, 2.75) is 19.0 Å². The molecule has 4 rings (SSSR count). The minimum atomic E-state index is -3.06. The van der Waals surface area contributed by atoms with Gasteiger partial charge < -0.3 is 14.3 Å². The average Bonchev–Trinajstić information content (AvgIpc) is 3.25. The van der Waals surface area contributed by atoms with Gasteiger partial charge in [0.05, 0.1) is 23.3 Å². The molecule has 1 atom stereocenters. The summed E-state index contributed by atoms with van der Waals surface area (Å²) < 4.78 is 30.5. The molecule has 0 bridgehead atoms. The number of halogens is 1. The summed E-state index contributed by atoms with van der Waals surface area (Å²) in [7, 11) is -3.06. The third-order valence-corrected chi connectivity index (χ3v) is 6.75. The molecule has 0 unspecified atom stereocenters.